The Morgan fingerprint density at radius 3 is 2.71 bits per heavy atom. The summed E-state index contributed by atoms with van der Waals surface area (Å²) < 4.78 is 0. The van der Waals surface area contributed by atoms with Crippen molar-refractivity contribution in [3.63, 3.8) is 0 Å². The third-order valence-electron chi connectivity index (χ3n) is 0.799. The number of nitrogens with two attached hydrogens (primary N) is 1. The molecule has 1 unspecified atom stereocenters. The van der Waals surface area contributed by atoms with Crippen molar-refractivity contribution >= 4 is 5.91 Å². The molecule has 0 saturated carbocycles. The van der Waals surface area contributed by atoms with E-state index in [0.717, 1.165) is 0 Å². The van der Waals surface area contributed by atoms with Crippen molar-refractivity contribution in [1.82, 2.24) is 10.6 Å². The van der Waals surface area contributed by atoms with Gasteiger partial charge < -0.3 is 5.32 Å². The number of nitrogens with one attached hydrogen (secondary N) is 2. The minimum absolute atomic E-state index is 0.0347. The van der Waals surface area contributed by atoms with Gasteiger partial charge in [0.05, 0.1) is 6.54 Å². The van der Waals surface area contributed by atoms with Gasteiger partial charge in [-0.15, -0.1) is 0 Å². The van der Waals surface area contributed by atoms with Crippen LogP contribution in [0, 0.1) is 0 Å². The van der Waals surface area contributed by atoms with E-state index in [1.54, 1.807) is 0 Å². The van der Waals surface area contributed by atoms with Gasteiger partial charge in [0, 0.05) is 0 Å². The SMILES string of the molecule is NC1NCC(=O)N1. The van der Waals surface area contributed by atoms with Gasteiger partial charge in [0.1, 0.15) is 6.29 Å². The highest BCUT2D eigenvalue weighted by Gasteiger charge is 2.13. The zero-order valence-corrected chi connectivity index (χ0v) is 3.77. The zero-order valence-electron chi connectivity index (χ0n) is 3.77. The summed E-state index contributed by atoms with van der Waals surface area (Å²) in [4.78, 5) is 10.2. The lowest BCUT2D eigenvalue weighted by Crippen LogP contribution is -2.40. The van der Waals surface area contributed by atoms with Crippen molar-refractivity contribution < 1.29 is 4.79 Å². The van der Waals surface area contributed by atoms with E-state index in [1.807, 2.05) is 0 Å². The van der Waals surface area contributed by atoms with Gasteiger partial charge >= 0.3 is 0 Å². The average Bonchev–Trinajstić information content (AvgIpc) is 1.87. The molecule has 1 rings (SSSR count). The summed E-state index contributed by atoms with van der Waals surface area (Å²) in [6.07, 6.45) is -0.326. The molecule has 4 heteroatoms. The van der Waals surface area contributed by atoms with Crippen LogP contribution in [0.25, 0.3) is 0 Å². The highest BCUT2D eigenvalue weighted by molar-refractivity contribution is 5.80. The standard InChI is InChI=1S/C3H7N3O/c4-3-5-1-2(7)6-3/h3,5H,1,4H2,(H,6,7). The molecule has 1 amide bonds. The minimum Gasteiger partial charge on any atom is -0.327 e. The van der Waals surface area contributed by atoms with Crippen LogP contribution >= 0.6 is 0 Å². The fraction of sp³-hybridized carbons (Fsp3) is 0.667. The Kier molecular flexibility index (Phi) is 0.958. The number of amides is 1. The highest BCUT2D eigenvalue weighted by atomic mass is 16.2. The van der Waals surface area contributed by atoms with Crippen LogP contribution in [-0.4, -0.2) is 18.7 Å². The molecule has 0 aliphatic carbocycles. The molecule has 4 N–H and O–H groups in total. The summed E-state index contributed by atoms with van der Waals surface area (Å²) in [5.41, 5.74) is 5.18. The van der Waals surface area contributed by atoms with Gasteiger partial charge in [-0.25, -0.2) is 0 Å². The van der Waals surface area contributed by atoms with Crippen molar-refractivity contribution in [3.05, 3.63) is 0 Å². The van der Waals surface area contributed by atoms with E-state index in [1.165, 1.54) is 0 Å². The number of carbonyl (C=O) groups is 1. The molecule has 4 nitrogen and oxygen atoms in total. The van der Waals surface area contributed by atoms with E-state index in [4.69, 9.17) is 5.73 Å². The molecule has 0 radical (unpaired) electrons. The Balaban J connectivity index is 2.40. The van der Waals surface area contributed by atoms with Crippen LogP contribution in [-0.2, 0) is 4.79 Å². The van der Waals surface area contributed by atoms with E-state index >= 15 is 0 Å². The largest absolute Gasteiger partial charge is 0.327 e. The maximum absolute atomic E-state index is 10.2. The summed E-state index contributed by atoms with van der Waals surface area (Å²) in [7, 11) is 0. The van der Waals surface area contributed by atoms with Crippen LogP contribution in [0.2, 0.25) is 0 Å². The Morgan fingerprint density at radius 2 is 2.57 bits per heavy atom. The van der Waals surface area contributed by atoms with E-state index in [0.29, 0.717) is 6.54 Å². The topological polar surface area (TPSA) is 67.1 Å². The van der Waals surface area contributed by atoms with Crippen molar-refractivity contribution in [1.29, 1.82) is 0 Å². The van der Waals surface area contributed by atoms with Crippen molar-refractivity contribution in [3.8, 4) is 0 Å². The zero-order chi connectivity index (χ0) is 5.28. The summed E-state index contributed by atoms with van der Waals surface area (Å²) in [5.74, 6) is -0.0347. The molecule has 1 fully saturated rings. The first-order chi connectivity index (χ1) is 3.29. The van der Waals surface area contributed by atoms with Crippen LogP contribution in [0.3, 0.4) is 0 Å². The van der Waals surface area contributed by atoms with Crippen LogP contribution in [0.1, 0.15) is 0 Å². The highest BCUT2D eigenvalue weighted by Crippen LogP contribution is 1.74. The molecule has 0 spiro atoms. The van der Waals surface area contributed by atoms with Crippen LogP contribution < -0.4 is 16.4 Å². The van der Waals surface area contributed by atoms with Gasteiger partial charge in [0.25, 0.3) is 0 Å². The number of hydrogen-bond acceptors (Lipinski definition) is 3. The molecular weight excluding hydrogens is 94.1 g/mol. The van der Waals surface area contributed by atoms with E-state index in [9.17, 15) is 4.79 Å². The van der Waals surface area contributed by atoms with E-state index in [-0.39, 0.29) is 12.2 Å². The fourth-order valence-electron chi connectivity index (χ4n) is 0.478. The maximum atomic E-state index is 10.2. The monoisotopic (exact) mass is 101 g/mol. The molecule has 0 aromatic rings. The Hall–Kier alpha value is -0.610. The lowest BCUT2D eigenvalue weighted by Gasteiger charge is -1.97. The number of rotatable bonds is 0. The molecule has 1 saturated heterocycles. The molecule has 40 valence electrons. The van der Waals surface area contributed by atoms with Gasteiger partial charge in [0.15, 0.2) is 0 Å². The molecule has 1 aliphatic rings. The predicted molar refractivity (Wildman–Crippen MR) is 24.1 cm³/mol. The molecular formula is C3H7N3O. The molecule has 1 aliphatic heterocycles. The predicted octanol–water partition coefficient (Wildman–Crippen LogP) is -2.05. The third-order valence-corrected chi connectivity index (χ3v) is 0.799. The van der Waals surface area contributed by atoms with Crippen LogP contribution in [0.5, 0.6) is 0 Å². The first kappa shape index (κ1) is 4.55. The molecule has 0 bridgehead atoms. The molecule has 1 atom stereocenters. The fourth-order valence-corrected chi connectivity index (χ4v) is 0.478. The second kappa shape index (κ2) is 1.48. The van der Waals surface area contributed by atoms with Gasteiger partial charge in [-0.2, -0.15) is 0 Å². The van der Waals surface area contributed by atoms with Gasteiger partial charge in [0.2, 0.25) is 5.91 Å². The lowest BCUT2D eigenvalue weighted by molar-refractivity contribution is -0.118. The van der Waals surface area contributed by atoms with Crippen molar-refractivity contribution in [2.75, 3.05) is 6.54 Å². The normalized spacial score (nSPS) is 30.4. The molecule has 7 heavy (non-hydrogen) atoms. The first-order valence-electron chi connectivity index (χ1n) is 2.07. The van der Waals surface area contributed by atoms with Crippen molar-refractivity contribution in [2.45, 2.75) is 6.29 Å². The summed E-state index contributed by atoms with van der Waals surface area (Å²) in [5, 5.41) is 5.13. The smallest absolute Gasteiger partial charge is 0.236 e. The Bertz CT molecular complexity index is 92.2. The number of hydrogen-bond donors (Lipinski definition) is 3. The average molecular weight is 101 g/mol. The number of carbonyl (C=O) groups excluding carboxylic acids is 1. The molecule has 0 aromatic carbocycles. The van der Waals surface area contributed by atoms with Crippen LogP contribution in [0.4, 0.5) is 0 Å². The first-order valence-corrected chi connectivity index (χ1v) is 2.07. The van der Waals surface area contributed by atoms with Crippen LogP contribution in [0.15, 0.2) is 0 Å². The van der Waals surface area contributed by atoms with Gasteiger partial charge in [-0.3, -0.25) is 15.8 Å². The Morgan fingerprint density at radius 1 is 1.86 bits per heavy atom. The third kappa shape index (κ3) is 0.880. The second-order valence-electron chi connectivity index (χ2n) is 1.43. The second-order valence-corrected chi connectivity index (χ2v) is 1.43. The molecule has 0 aromatic heterocycles. The maximum Gasteiger partial charge on any atom is 0.236 e. The van der Waals surface area contributed by atoms with E-state index < -0.39 is 0 Å². The molecule has 1 heterocycles. The Labute approximate surface area is 41.1 Å². The minimum atomic E-state index is -0.326. The van der Waals surface area contributed by atoms with Gasteiger partial charge in [-0.05, 0) is 0 Å². The summed E-state index contributed by atoms with van der Waals surface area (Å²) in [6, 6.07) is 0. The lowest BCUT2D eigenvalue weighted by atomic mass is 10.7. The van der Waals surface area contributed by atoms with Gasteiger partial charge in [-0.1, -0.05) is 0 Å². The summed E-state index contributed by atoms with van der Waals surface area (Å²) in [6.45, 7) is 0.348. The van der Waals surface area contributed by atoms with E-state index in [2.05, 4.69) is 10.6 Å². The summed E-state index contributed by atoms with van der Waals surface area (Å²) >= 11 is 0. The van der Waals surface area contributed by atoms with Crippen molar-refractivity contribution in [2.24, 2.45) is 5.73 Å². The quantitative estimate of drug-likeness (QED) is 0.329.